The van der Waals surface area contributed by atoms with Crippen LogP contribution in [0.4, 0.5) is 13.2 Å². The fourth-order valence-corrected chi connectivity index (χ4v) is 1.83. The first-order valence-corrected chi connectivity index (χ1v) is 6.11. The van der Waals surface area contributed by atoms with Gasteiger partial charge < -0.3 is 9.47 Å². The van der Waals surface area contributed by atoms with Gasteiger partial charge in [-0.3, -0.25) is 0 Å². The van der Waals surface area contributed by atoms with E-state index in [2.05, 4.69) is 9.72 Å². The molecule has 1 aromatic rings. The van der Waals surface area contributed by atoms with E-state index in [-0.39, 0.29) is 29.4 Å². The zero-order valence-electron chi connectivity index (χ0n) is 10.5. The number of ether oxygens (including phenoxy) is 2. The molecule has 1 saturated carbocycles. The lowest BCUT2D eigenvalue weighted by atomic mass is 10.1. The molecule has 20 heavy (non-hydrogen) atoms. The molecule has 0 saturated heterocycles. The number of rotatable bonds is 4. The van der Waals surface area contributed by atoms with Crippen molar-refractivity contribution in [3.63, 3.8) is 0 Å². The summed E-state index contributed by atoms with van der Waals surface area (Å²) in [5.74, 6) is -0.678. The van der Waals surface area contributed by atoms with Gasteiger partial charge in [0.05, 0.1) is 7.11 Å². The second-order valence-corrected chi connectivity index (χ2v) is 4.90. The third kappa shape index (κ3) is 2.82. The topological polar surface area (TPSA) is 48.4 Å². The Bertz CT molecular complexity index is 529. The predicted octanol–water partition coefficient (Wildman–Crippen LogP) is 3.24. The Labute approximate surface area is 117 Å². The van der Waals surface area contributed by atoms with Gasteiger partial charge in [0.15, 0.2) is 10.9 Å². The highest BCUT2D eigenvalue weighted by Crippen LogP contribution is 2.57. The zero-order valence-corrected chi connectivity index (χ0v) is 11.2. The lowest BCUT2D eigenvalue weighted by Gasteiger charge is -2.19. The quantitative estimate of drug-likeness (QED) is 0.633. The molecule has 0 bridgehead atoms. The number of esters is 1. The van der Waals surface area contributed by atoms with Crippen LogP contribution in [0.15, 0.2) is 12.1 Å². The van der Waals surface area contributed by atoms with Gasteiger partial charge in [-0.1, -0.05) is 11.6 Å². The normalized spacial score (nSPS) is 16.6. The largest absolute Gasteiger partial charge is 0.489 e. The van der Waals surface area contributed by atoms with Gasteiger partial charge in [0.25, 0.3) is 0 Å². The Morgan fingerprint density at radius 1 is 1.45 bits per heavy atom. The van der Waals surface area contributed by atoms with E-state index >= 15 is 0 Å². The van der Waals surface area contributed by atoms with Crippen LogP contribution >= 0.6 is 11.6 Å². The molecule has 4 nitrogen and oxygen atoms in total. The van der Waals surface area contributed by atoms with Gasteiger partial charge in [-0.15, -0.1) is 0 Å². The van der Waals surface area contributed by atoms with Crippen LogP contribution in [0.1, 0.15) is 23.3 Å². The van der Waals surface area contributed by atoms with Crippen molar-refractivity contribution in [2.75, 3.05) is 13.7 Å². The van der Waals surface area contributed by atoms with Crippen LogP contribution in [-0.4, -0.2) is 30.8 Å². The van der Waals surface area contributed by atoms with Crippen LogP contribution in [-0.2, 0) is 4.74 Å². The average molecular weight is 310 g/mol. The lowest BCUT2D eigenvalue weighted by molar-refractivity contribution is -0.194. The number of aromatic nitrogens is 1. The van der Waals surface area contributed by atoms with Crippen molar-refractivity contribution in [1.29, 1.82) is 0 Å². The predicted molar refractivity (Wildman–Crippen MR) is 63.8 cm³/mol. The first-order valence-electron chi connectivity index (χ1n) is 5.73. The number of alkyl halides is 3. The van der Waals surface area contributed by atoms with Crippen molar-refractivity contribution in [2.45, 2.75) is 19.0 Å². The first kappa shape index (κ1) is 14.9. The second kappa shape index (κ2) is 5.12. The SMILES string of the molecule is COC(=O)c1ccc(OCC2(C(F)(F)F)CC2)c(Cl)n1. The number of pyridine rings is 1. The number of nitrogens with zero attached hydrogens (tertiary/aromatic N) is 1. The van der Waals surface area contributed by atoms with E-state index in [9.17, 15) is 18.0 Å². The Morgan fingerprint density at radius 3 is 2.55 bits per heavy atom. The summed E-state index contributed by atoms with van der Waals surface area (Å²) in [5, 5.41) is -0.175. The summed E-state index contributed by atoms with van der Waals surface area (Å²) < 4.78 is 47.7. The van der Waals surface area contributed by atoms with Gasteiger partial charge in [-0.25, -0.2) is 9.78 Å². The molecule has 0 atom stereocenters. The molecule has 1 heterocycles. The fraction of sp³-hybridized carbons (Fsp3) is 0.500. The van der Waals surface area contributed by atoms with Gasteiger partial charge in [0.2, 0.25) is 0 Å². The molecule has 2 rings (SSSR count). The minimum absolute atomic E-state index is 0.00912. The molecule has 8 heteroatoms. The van der Waals surface area contributed by atoms with Crippen LogP contribution in [0.2, 0.25) is 5.15 Å². The molecular formula is C12H11ClF3NO3. The Balaban J connectivity index is 2.06. The van der Waals surface area contributed by atoms with E-state index in [1.807, 2.05) is 0 Å². The Hall–Kier alpha value is -1.50. The smallest absolute Gasteiger partial charge is 0.397 e. The standard InChI is InChI=1S/C12H11ClF3NO3/c1-19-10(18)7-2-3-8(9(13)17-7)20-6-11(4-5-11)12(14,15)16/h2-3H,4-6H2,1H3. The summed E-state index contributed by atoms with van der Waals surface area (Å²) in [7, 11) is 1.18. The van der Waals surface area contributed by atoms with Gasteiger partial charge in [0, 0.05) is 0 Å². The molecule has 0 amide bonds. The molecule has 1 fully saturated rings. The average Bonchev–Trinajstić information content (AvgIpc) is 3.17. The number of carbonyl (C=O) groups is 1. The molecule has 0 aliphatic heterocycles. The minimum Gasteiger partial charge on any atom is -0.489 e. The second-order valence-electron chi connectivity index (χ2n) is 4.54. The maximum atomic E-state index is 12.7. The molecule has 0 aromatic carbocycles. The van der Waals surface area contributed by atoms with Crippen LogP contribution in [0, 0.1) is 5.41 Å². The molecule has 0 N–H and O–H groups in total. The van der Waals surface area contributed by atoms with Crippen LogP contribution in [0.5, 0.6) is 5.75 Å². The first-order chi connectivity index (χ1) is 9.29. The minimum atomic E-state index is -4.29. The van der Waals surface area contributed by atoms with Gasteiger partial charge in [-0.05, 0) is 25.0 Å². The molecule has 0 unspecified atom stereocenters. The molecule has 1 aliphatic carbocycles. The molecule has 1 aromatic heterocycles. The summed E-state index contributed by atoms with van der Waals surface area (Å²) in [4.78, 5) is 14.9. The maximum Gasteiger partial charge on any atom is 0.397 e. The monoisotopic (exact) mass is 309 g/mol. The van der Waals surface area contributed by atoms with Crippen molar-refractivity contribution in [3.8, 4) is 5.75 Å². The summed E-state index contributed by atoms with van der Waals surface area (Å²) in [6.45, 7) is -0.504. The van der Waals surface area contributed by atoms with Gasteiger partial charge in [-0.2, -0.15) is 13.2 Å². The van der Waals surface area contributed by atoms with E-state index in [1.165, 1.54) is 19.2 Å². The van der Waals surface area contributed by atoms with Crippen molar-refractivity contribution >= 4 is 17.6 Å². The van der Waals surface area contributed by atoms with Crippen molar-refractivity contribution < 1.29 is 27.4 Å². The summed E-state index contributed by atoms with van der Waals surface area (Å²) in [5.41, 5.74) is -1.82. The highest BCUT2D eigenvalue weighted by Gasteiger charge is 2.63. The summed E-state index contributed by atoms with van der Waals surface area (Å²) in [6.07, 6.45) is -4.21. The van der Waals surface area contributed by atoms with E-state index in [0.29, 0.717) is 0 Å². The van der Waals surface area contributed by atoms with E-state index in [0.717, 1.165) is 0 Å². The Morgan fingerprint density at radius 2 is 2.10 bits per heavy atom. The van der Waals surface area contributed by atoms with Crippen molar-refractivity contribution in [1.82, 2.24) is 4.98 Å². The number of methoxy groups -OCH3 is 1. The van der Waals surface area contributed by atoms with E-state index in [1.54, 1.807) is 0 Å². The zero-order chi connectivity index (χ0) is 15.0. The van der Waals surface area contributed by atoms with Crippen LogP contribution < -0.4 is 4.74 Å². The third-order valence-electron chi connectivity index (χ3n) is 3.17. The number of hydrogen-bond acceptors (Lipinski definition) is 4. The fourth-order valence-electron chi connectivity index (χ4n) is 1.62. The molecule has 1 aliphatic rings. The number of hydrogen-bond donors (Lipinski definition) is 0. The number of carbonyl (C=O) groups excluding carboxylic acids is 1. The van der Waals surface area contributed by atoms with Gasteiger partial charge >= 0.3 is 12.1 Å². The molecule has 0 radical (unpaired) electrons. The van der Waals surface area contributed by atoms with Crippen LogP contribution in [0.3, 0.4) is 0 Å². The summed E-state index contributed by atoms with van der Waals surface area (Å²) in [6, 6.07) is 2.58. The Kier molecular flexibility index (Phi) is 3.82. The highest BCUT2D eigenvalue weighted by molar-refractivity contribution is 6.31. The van der Waals surface area contributed by atoms with E-state index in [4.69, 9.17) is 16.3 Å². The summed E-state index contributed by atoms with van der Waals surface area (Å²) >= 11 is 5.77. The van der Waals surface area contributed by atoms with Crippen molar-refractivity contribution in [2.24, 2.45) is 5.41 Å². The lowest BCUT2D eigenvalue weighted by Crippen LogP contribution is -2.30. The van der Waals surface area contributed by atoms with Crippen molar-refractivity contribution in [3.05, 3.63) is 23.0 Å². The third-order valence-corrected chi connectivity index (χ3v) is 3.44. The number of halogens is 4. The molecular weight excluding hydrogens is 299 g/mol. The maximum absolute atomic E-state index is 12.7. The van der Waals surface area contributed by atoms with Crippen LogP contribution in [0.25, 0.3) is 0 Å². The van der Waals surface area contributed by atoms with Gasteiger partial charge in [0.1, 0.15) is 17.7 Å². The van der Waals surface area contributed by atoms with E-state index < -0.39 is 24.2 Å². The molecule has 0 spiro atoms. The highest BCUT2D eigenvalue weighted by atomic mass is 35.5. The molecule has 110 valence electrons.